The molecule has 2 N–H and O–H groups in total. The minimum atomic E-state index is -0.311. The third kappa shape index (κ3) is 3.50. The zero-order chi connectivity index (χ0) is 13.7. The van der Waals surface area contributed by atoms with Gasteiger partial charge in [0.15, 0.2) is 0 Å². The minimum absolute atomic E-state index is 0.0606. The molecule has 0 unspecified atom stereocenters. The van der Waals surface area contributed by atoms with Crippen LogP contribution >= 0.6 is 0 Å². The molecule has 0 aromatic heterocycles. The summed E-state index contributed by atoms with van der Waals surface area (Å²) in [5, 5.41) is 0. The zero-order valence-electron chi connectivity index (χ0n) is 10.9. The van der Waals surface area contributed by atoms with Gasteiger partial charge < -0.3 is 15.2 Å². The van der Waals surface area contributed by atoms with Gasteiger partial charge in [-0.15, -0.1) is 0 Å². The molecule has 4 heteroatoms. The van der Waals surface area contributed by atoms with E-state index < -0.39 is 0 Å². The molecule has 102 valence electrons. The van der Waals surface area contributed by atoms with E-state index in [-0.39, 0.29) is 12.1 Å². The van der Waals surface area contributed by atoms with Crippen LogP contribution in [0.5, 0.6) is 5.75 Å². The van der Waals surface area contributed by atoms with Crippen LogP contribution in [-0.4, -0.2) is 18.7 Å². The number of benzene rings is 1. The molecule has 19 heavy (non-hydrogen) atoms. The highest BCUT2D eigenvalue weighted by atomic mass is 16.5. The van der Waals surface area contributed by atoms with E-state index in [1.54, 1.807) is 24.3 Å². The molecule has 1 saturated carbocycles. The lowest BCUT2D eigenvalue weighted by molar-refractivity contribution is 0.0318. The summed E-state index contributed by atoms with van der Waals surface area (Å²) in [6.07, 6.45) is 5.89. The predicted molar refractivity (Wildman–Crippen MR) is 74.2 cm³/mol. The normalized spacial score (nSPS) is 15.2. The van der Waals surface area contributed by atoms with Gasteiger partial charge in [-0.25, -0.2) is 4.79 Å². The second-order valence-electron chi connectivity index (χ2n) is 4.66. The summed E-state index contributed by atoms with van der Waals surface area (Å²) >= 11 is 0. The Bertz CT molecular complexity index is 464. The van der Waals surface area contributed by atoms with Crippen LogP contribution in [0.15, 0.2) is 30.9 Å². The van der Waals surface area contributed by atoms with Crippen molar-refractivity contribution in [2.24, 2.45) is 0 Å². The van der Waals surface area contributed by atoms with Gasteiger partial charge in [0.05, 0.1) is 11.3 Å². The van der Waals surface area contributed by atoms with Gasteiger partial charge in [0, 0.05) is 0 Å². The Labute approximate surface area is 113 Å². The number of hydrogen-bond donors (Lipinski definition) is 1. The van der Waals surface area contributed by atoms with E-state index in [4.69, 9.17) is 15.2 Å². The lowest BCUT2D eigenvalue weighted by Crippen LogP contribution is -2.15. The van der Waals surface area contributed by atoms with Crippen molar-refractivity contribution < 1.29 is 14.3 Å². The molecular weight excluding hydrogens is 242 g/mol. The highest BCUT2D eigenvalue weighted by Crippen LogP contribution is 2.25. The number of nitrogens with two attached hydrogens (primary N) is 1. The van der Waals surface area contributed by atoms with Crippen LogP contribution in [0.3, 0.4) is 0 Å². The molecule has 2 rings (SSSR count). The molecule has 1 fully saturated rings. The quantitative estimate of drug-likeness (QED) is 0.503. The Hall–Kier alpha value is -1.97. The summed E-state index contributed by atoms with van der Waals surface area (Å²) in [6, 6.07) is 4.95. The topological polar surface area (TPSA) is 61.5 Å². The maximum atomic E-state index is 11.9. The van der Waals surface area contributed by atoms with Gasteiger partial charge in [-0.2, -0.15) is 0 Å². The highest BCUT2D eigenvalue weighted by molar-refractivity contribution is 5.91. The van der Waals surface area contributed by atoms with Crippen molar-refractivity contribution in [3.8, 4) is 5.75 Å². The van der Waals surface area contributed by atoms with Crippen molar-refractivity contribution >= 4 is 11.7 Å². The lowest BCUT2D eigenvalue weighted by Gasteiger charge is -2.12. The second kappa shape index (κ2) is 6.27. The Kier molecular flexibility index (Phi) is 4.44. The van der Waals surface area contributed by atoms with E-state index in [0.29, 0.717) is 23.6 Å². The lowest BCUT2D eigenvalue weighted by atomic mass is 10.2. The number of rotatable bonds is 5. The van der Waals surface area contributed by atoms with Crippen molar-refractivity contribution in [3.63, 3.8) is 0 Å². The largest absolute Gasteiger partial charge is 0.487 e. The summed E-state index contributed by atoms with van der Waals surface area (Å²) in [4.78, 5) is 11.9. The molecule has 0 heterocycles. The summed E-state index contributed by atoms with van der Waals surface area (Å²) in [5.74, 6) is 0.242. The van der Waals surface area contributed by atoms with Crippen molar-refractivity contribution in [1.82, 2.24) is 0 Å². The summed E-state index contributed by atoms with van der Waals surface area (Å²) in [6.45, 7) is 3.95. The monoisotopic (exact) mass is 261 g/mol. The van der Waals surface area contributed by atoms with E-state index in [9.17, 15) is 4.79 Å². The van der Waals surface area contributed by atoms with E-state index in [1.807, 2.05) is 0 Å². The number of hydrogen-bond acceptors (Lipinski definition) is 4. The van der Waals surface area contributed by atoms with Gasteiger partial charge in [0.2, 0.25) is 0 Å². The van der Waals surface area contributed by atoms with E-state index in [2.05, 4.69) is 6.58 Å². The molecule has 0 atom stereocenters. The molecule has 1 aromatic rings. The Balaban J connectivity index is 2.01. The second-order valence-corrected chi connectivity index (χ2v) is 4.66. The van der Waals surface area contributed by atoms with Crippen molar-refractivity contribution in [1.29, 1.82) is 0 Å². The number of carbonyl (C=O) groups excluding carboxylic acids is 1. The molecule has 0 spiro atoms. The van der Waals surface area contributed by atoms with Gasteiger partial charge in [-0.05, 0) is 43.9 Å². The maximum Gasteiger partial charge on any atom is 0.338 e. The van der Waals surface area contributed by atoms with Crippen LogP contribution in [0.2, 0.25) is 0 Å². The highest BCUT2D eigenvalue weighted by Gasteiger charge is 2.20. The molecule has 1 aliphatic rings. The number of nitrogen functional groups attached to an aromatic ring is 1. The molecular formula is C15H19NO3. The Morgan fingerprint density at radius 1 is 1.42 bits per heavy atom. The third-order valence-electron chi connectivity index (χ3n) is 3.18. The number of ether oxygens (including phenoxy) is 2. The predicted octanol–water partition coefficient (Wildman–Crippen LogP) is 2.93. The Morgan fingerprint density at radius 3 is 2.79 bits per heavy atom. The standard InChI is InChI=1S/C15H19NO3/c1-2-9-18-14-8-7-11(10-13(14)16)15(17)19-12-5-3-4-6-12/h2,7-8,10,12H,1,3-6,9,16H2. The van der Waals surface area contributed by atoms with E-state index in [1.165, 1.54) is 0 Å². The maximum absolute atomic E-state index is 11.9. The summed E-state index contributed by atoms with van der Waals surface area (Å²) < 4.78 is 10.8. The van der Waals surface area contributed by atoms with Crippen LogP contribution in [0.25, 0.3) is 0 Å². The molecule has 0 amide bonds. The van der Waals surface area contributed by atoms with E-state index in [0.717, 1.165) is 25.7 Å². The fourth-order valence-corrected chi connectivity index (χ4v) is 2.18. The van der Waals surface area contributed by atoms with Crippen LogP contribution in [0.1, 0.15) is 36.0 Å². The first-order valence-corrected chi connectivity index (χ1v) is 6.55. The first-order chi connectivity index (χ1) is 9.20. The molecule has 0 aliphatic heterocycles. The van der Waals surface area contributed by atoms with Crippen molar-refractivity contribution in [2.45, 2.75) is 31.8 Å². The smallest absolute Gasteiger partial charge is 0.338 e. The third-order valence-corrected chi connectivity index (χ3v) is 3.18. The van der Waals surface area contributed by atoms with Gasteiger partial charge in [-0.1, -0.05) is 12.7 Å². The van der Waals surface area contributed by atoms with Crippen LogP contribution in [-0.2, 0) is 4.74 Å². The van der Waals surface area contributed by atoms with Crippen molar-refractivity contribution in [3.05, 3.63) is 36.4 Å². The van der Waals surface area contributed by atoms with Gasteiger partial charge >= 0.3 is 5.97 Å². The van der Waals surface area contributed by atoms with Crippen LogP contribution in [0, 0.1) is 0 Å². The molecule has 0 radical (unpaired) electrons. The number of esters is 1. The molecule has 1 aliphatic carbocycles. The minimum Gasteiger partial charge on any atom is -0.487 e. The van der Waals surface area contributed by atoms with Gasteiger partial charge in [0.25, 0.3) is 0 Å². The van der Waals surface area contributed by atoms with E-state index >= 15 is 0 Å². The summed E-state index contributed by atoms with van der Waals surface area (Å²) in [7, 11) is 0. The SMILES string of the molecule is C=CCOc1ccc(C(=O)OC2CCCC2)cc1N. The molecule has 0 bridgehead atoms. The van der Waals surface area contributed by atoms with Gasteiger partial charge in [0.1, 0.15) is 18.5 Å². The first kappa shape index (κ1) is 13.5. The average Bonchev–Trinajstić information content (AvgIpc) is 2.90. The van der Waals surface area contributed by atoms with Crippen molar-refractivity contribution in [2.75, 3.05) is 12.3 Å². The summed E-state index contributed by atoms with van der Waals surface area (Å²) in [5.41, 5.74) is 6.74. The molecule has 1 aromatic carbocycles. The average molecular weight is 261 g/mol. The first-order valence-electron chi connectivity index (χ1n) is 6.55. The van der Waals surface area contributed by atoms with Gasteiger partial charge in [-0.3, -0.25) is 0 Å². The Morgan fingerprint density at radius 2 is 2.16 bits per heavy atom. The molecule has 0 saturated heterocycles. The number of anilines is 1. The van der Waals surface area contributed by atoms with Crippen LogP contribution < -0.4 is 10.5 Å². The number of carbonyl (C=O) groups is 1. The zero-order valence-corrected chi connectivity index (χ0v) is 10.9. The fourth-order valence-electron chi connectivity index (χ4n) is 2.18. The van der Waals surface area contributed by atoms with Crippen LogP contribution in [0.4, 0.5) is 5.69 Å². The fraction of sp³-hybridized carbons (Fsp3) is 0.400. The molecule has 4 nitrogen and oxygen atoms in total.